The average Bonchev–Trinajstić information content (AvgIpc) is 3.71. The number of hydrogen-bond acceptors (Lipinski definition) is 7. The molecule has 4 aromatic rings. The molecule has 1 amide bonds. The van der Waals surface area contributed by atoms with Crippen molar-refractivity contribution in [1.82, 2.24) is 24.7 Å². The lowest BCUT2D eigenvalue weighted by molar-refractivity contribution is -0.161. The van der Waals surface area contributed by atoms with Crippen LogP contribution in [0.15, 0.2) is 48.5 Å². The third kappa shape index (κ3) is 5.43. The zero-order chi connectivity index (χ0) is 35.9. The van der Waals surface area contributed by atoms with Gasteiger partial charge in [0, 0.05) is 97.1 Å². The van der Waals surface area contributed by atoms with Crippen LogP contribution in [0.3, 0.4) is 0 Å². The number of aromatic nitrogens is 2. The summed E-state index contributed by atoms with van der Waals surface area (Å²) >= 11 is 14.6. The Morgan fingerprint density at radius 1 is 0.769 bits per heavy atom. The van der Waals surface area contributed by atoms with Gasteiger partial charge in [-0.25, -0.2) is 9.97 Å². The summed E-state index contributed by atoms with van der Waals surface area (Å²) in [6.45, 7) is 9.98. The zero-order valence-corrected chi connectivity index (χ0v) is 31.9. The van der Waals surface area contributed by atoms with E-state index in [0.29, 0.717) is 27.8 Å². The molecule has 0 saturated carbocycles. The monoisotopic (exact) mass is 737 g/mol. The Bertz CT molecular complexity index is 2080. The lowest BCUT2D eigenvalue weighted by Gasteiger charge is -2.61. The van der Waals surface area contributed by atoms with E-state index < -0.39 is 0 Å². The molecule has 10 heteroatoms. The van der Waals surface area contributed by atoms with E-state index in [1.165, 1.54) is 28.7 Å². The highest BCUT2D eigenvalue weighted by molar-refractivity contribution is 6.39. The maximum Gasteiger partial charge on any atom is 0.219 e. The number of methoxy groups -OCH3 is 2. The van der Waals surface area contributed by atoms with Gasteiger partial charge < -0.3 is 14.4 Å². The summed E-state index contributed by atoms with van der Waals surface area (Å²) in [4.78, 5) is 28.9. The second-order valence-electron chi connectivity index (χ2n) is 15.6. The van der Waals surface area contributed by atoms with Gasteiger partial charge in [-0.05, 0) is 54.9 Å². The van der Waals surface area contributed by atoms with Crippen molar-refractivity contribution in [3.63, 3.8) is 0 Å². The molecule has 2 atom stereocenters. The summed E-state index contributed by atoms with van der Waals surface area (Å²) in [6.07, 6.45) is 5.30. The highest BCUT2D eigenvalue weighted by Crippen LogP contribution is 2.51. The Hall–Kier alpha value is -3.69. The van der Waals surface area contributed by atoms with Gasteiger partial charge in [-0.15, -0.1) is 0 Å². The average molecular weight is 739 g/mol. The third-order valence-corrected chi connectivity index (χ3v) is 13.3. The number of aryl methyl sites for hydroxylation is 2. The maximum atomic E-state index is 11.8. The van der Waals surface area contributed by atoms with Crippen molar-refractivity contribution in [3.05, 3.63) is 80.8 Å². The molecule has 0 bridgehead atoms. The van der Waals surface area contributed by atoms with E-state index in [1.807, 2.05) is 41.3 Å². The van der Waals surface area contributed by atoms with Crippen molar-refractivity contribution in [3.8, 4) is 45.4 Å². The Morgan fingerprint density at radius 3 is 1.71 bits per heavy atom. The van der Waals surface area contributed by atoms with Crippen molar-refractivity contribution in [1.29, 1.82) is 0 Å². The Kier molecular flexibility index (Phi) is 8.53. The number of pyridine rings is 2. The zero-order valence-electron chi connectivity index (χ0n) is 30.3. The molecule has 0 radical (unpaired) electrons. The summed E-state index contributed by atoms with van der Waals surface area (Å²) in [5.41, 5.74) is 10.2. The molecule has 8 nitrogen and oxygen atoms in total. The lowest BCUT2D eigenvalue weighted by Crippen LogP contribution is -2.72. The van der Waals surface area contributed by atoms with Gasteiger partial charge in [0.25, 0.3) is 0 Å². The number of amides is 1. The van der Waals surface area contributed by atoms with Gasteiger partial charge >= 0.3 is 0 Å². The number of fused-ring (bicyclic) bond motifs is 2. The molecule has 52 heavy (non-hydrogen) atoms. The molecular formula is C42H45Cl2N5O3. The lowest BCUT2D eigenvalue weighted by atomic mass is 9.72. The fraction of sp³-hybridized carbons (Fsp3) is 0.452. The normalized spacial score (nSPS) is 22.1. The van der Waals surface area contributed by atoms with Crippen LogP contribution in [0.4, 0.5) is 0 Å². The molecule has 3 fully saturated rings. The molecule has 0 unspecified atom stereocenters. The van der Waals surface area contributed by atoms with Crippen molar-refractivity contribution in [2.75, 3.05) is 53.5 Å². The third-order valence-electron chi connectivity index (χ3n) is 12.5. The highest BCUT2D eigenvalue weighted by Gasteiger charge is 2.55. The number of likely N-dealkylation sites (tertiary alicyclic amines) is 3. The summed E-state index contributed by atoms with van der Waals surface area (Å²) in [7, 11) is 3.42. The van der Waals surface area contributed by atoms with Gasteiger partial charge in [0.05, 0.1) is 35.7 Å². The summed E-state index contributed by atoms with van der Waals surface area (Å²) < 4.78 is 11.9. The van der Waals surface area contributed by atoms with Gasteiger partial charge in [-0.3, -0.25) is 14.6 Å². The first-order chi connectivity index (χ1) is 25.2. The first kappa shape index (κ1) is 34.1. The predicted molar refractivity (Wildman–Crippen MR) is 205 cm³/mol. The number of hydrogen-bond donors (Lipinski definition) is 0. The SMILES string of the molecule is CCC1CN([C@@H]2CCc3cc(-c4cccc(-c5cccc(-c6cc7c(c(OC)n6)[C@H](N6CC8(CN(C(C)=O)C8)C6)CC7)c5Cl)c4Cl)nc(OC)c32)C1. The molecule has 0 N–H and O–H groups in total. The standard InChI is InChI=1S/C42H45Cl2N5O3/c1-5-25-18-47(19-25)34-14-12-26-16-32(45-40(51-3)36(26)34)30-10-6-8-28(38(30)43)29-9-7-11-31(39(29)44)33-17-27-13-15-35(37(27)41(46-33)52-4)49-22-42(23-49)20-48(21-42)24(2)50/h6-11,16-17,25,34-35H,5,12-15,18-23H2,1-4H3/t34-,35-/m1/s1. The van der Waals surface area contributed by atoms with Crippen LogP contribution in [-0.2, 0) is 17.6 Å². The van der Waals surface area contributed by atoms with Crippen molar-refractivity contribution in [2.45, 2.75) is 58.0 Å². The van der Waals surface area contributed by atoms with Crippen LogP contribution in [-0.4, -0.2) is 84.1 Å². The van der Waals surface area contributed by atoms with Gasteiger partial charge in [-0.1, -0.05) is 72.9 Å². The summed E-state index contributed by atoms with van der Waals surface area (Å²) in [6, 6.07) is 17.1. The maximum absolute atomic E-state index is 11.8. The van der Waals surface area contributed by atoms with E-state index in [2.05, 4.69) is 28.9 Å². The van der Waals surface area contributed by atoms with Crippen LogP contribution >= 0.6 is 23.2 Å². The number of benzene rings is 2. The van der Waals surface area contributed by atoms with Gasteiger partial charge in [0.2, 0.25) is 17.7 Å². The van der Waals surface area contributed by atoms with Gasteiger partial charge in [0.1, 0.15) is 0 Å². The molecular weight excluding hydrogens is 693 g/mol. The first-order valence-electron chi connectivity index (χ1n) is 18.7. The van der Waals surface area contributed by atoms with E-state index in [1.54, 1.807) is 21.1 Å². The van der Waals surface area contributed by atoms with Crippen molar-refractivity contribution < 1.29 is 14.3 Å². The van der Waals surface area contributed by atoms with Crippen molar-refractivity contribution in [2.24, 2.45) is 11.3 Å². The predicted octanol–water partition coefficient (Wildman–Crippen LogP) is 8.28. The minimum atomic E-state index is 0.170. The van der Waals surface area contributed by atoms with Crippen molar-refractivity contribution >= 4 is 29.1 Å². The fourth-order valence-corrected chi connectivity index (χ4v) is 10.4. The minimum Gasteiger partial charge on any atom is -0.481 e. The second-order valence-corrected chi connectivity index (χ2v) is 16.4. The van der Waals surface area contributed by atoms with Gasteiger partial charge in [0.15, 0.2) is 0 Å². The van der Waals surface area contributed by atoms with Crippen LogP contribution in [0, 0.1) is 11.3 Å². The molecule has 2 aromatic heterocycles. The first-order valence-corrected chi connectivity index (χ1v) is 19.4. The fourth-order valence-electron chi connectivity index (χ4n) is 9.70. The van der Waals surface area contributed by atoms with Gasteiger partial charge in [-0.2, -0.15) is 0 Å². The number of carbonyl (C=O) groups excluding carboxylic acids is 1. The molecule has 1 spiro atoms. The number of carbonyl (C=O) groups is 1. The number of ether oxygens (including phenoxy) is 2. The van der Waals surface area contributed by atoms with E-state index in [4.69, 9.17) is 42.6 Å². The van der Waals surface area contributed by atoms with Crippen LogP contribution in [0.5, 0.6) is 11.8 Å². The number of rotatable bonds is 8. The summed E-state index contributed by atoms with van der Waals surface area (Å²) in [5.74, 6) is 2.32. The molecule has 2 aromatic carbocycles. The number of nitrogens with zero attached hydrogens (tertiary/aromatic N) is 5. The van der Waals surface area contributed by atoms with Crippen LogP contribution < -0.4 is 9.47 Å². The molecule has 270 valence electrons. The molecule has 2 aliphatic carbocycles. The number of halogens is 2. The van der Waals surface area contributed by atoms with Crippen LogP contribution in [0.25, 0.3) is 33.6 Å². The topological polar surface area (TPSA) is 71.0 Å². The quantitative estimate of drug-likeness (QED) is 0.180. The Balaban J connectivity index is 1.00. The van der Waals surface area contributed by atoms with E-state index >= 15 is 0 Å². The van der Waals surface area contributed by atoms with E-state index in [-0.39, 0.29) is 17.4 Å². The molecule has 5 aliphatic rings. The Morgan fingerprint density at radius 2 is 1.25 bits per heavy atom. The molecule has 5 heterocycles. The van der Waals surface area contributed by atoms with E-state index in [0.717, 1.165) is 105 Å². The second kappa shape index (κ2) is 13.0. The molecule has 3 saturated heterocycles. The van der Waals surface area contributed by atoms with Crippen LogP contribution in [0.2, 0.25) is 10.0 Å². The largest absolute Gasteiger partial charge is 0.481 e. The minimum absolute atomic E-state index is 0.170. The van der Waals surface area contributed by atoms with Crippen LogP contribution in [0.1, 0.15) is 67.4 Å². The highest BCUT2D eigenvalue weighted by atomic mass is 35.5. The molecule has 9 rings (SSSR count). The van der Waals surface area contributed by atoms with E-state index in [9.17, 15) is 4.79 Å². The smallest absolute Gasteiger partial charge is 0.219 e. The molecule has 3 aliphatic heterocycles. The Labute approximate surface area is 316 Å². The summed E-state index contributed by atoms with van der Waals surface area (Å²) in [5, 5.41) is 1.20.